The molecule has 1 unspecified atom stereocenters. The van der Waals surface area contributed by atoms with Gasteiger partial charge < -0.3 is 15.0 Å². The summed E-state index contributed by atoms with van der Waals surface area (Å²) in [7, 11) is 1.58. The number of H-pyrrole nitrogens is 3. The van der Waals surface area contributed by atoms with E-state index in [-0.39, 0.29) is 16.9 Å². The van der Waals surface area contributed by atoms with Crippen LogP contribution in [0.5, 0.6) is 5.75 Å². The number of ether oxygens (including phenoxy) is 1. The molecule has 0 saturated carbocycles. The molecule has 4 N–H and O–H groups in total. The van der Waals surface area contributed by atoms with E-state index in [0.717, 1.165) is 11.1 Å². The Labute approximate surface area is 163 Å². The number of hydrogen-bond acceptors (Lipinski definition) is 4. The van der Waals surface area contributed by atoms with E-state index in [1.165, 1.54) is 0 Å². The molecule has 144 valence electrons. The number of fused-ring (bicyclic) bond motifs is 2. The van der Waals surface area contributed by atoms with Crippen LogP contribution in [-0.4, -0.2) is 28.0 Å². The second kappa shape index (κ2) is 6.23. The van der Waals surface area contributed by atoms with Crippen molar-refractivity contribution < 1.29 is 9.53 Å². The minimum absolute atomic E-state index is 0.229. The molecule has 5 rings (SSSR count). The van der Waals surface area contributed by atoms with Crippen molar-refractivity contribution >= 4 is 22.6 Å². The molecule has 3 heterocycles. The van der Waals surface area contributed by atoms with Gasteiger partial charge in [-0.25, -0.2) is 4.79 Å². The van der Waals surface area contributed by atoms with Crippen molar-refractivity contribution in [3.63, 3.8) is 0 Å². The number of amides is 1. The fourth-order valence-electron chi connectivity index (χ4n) is 3.92. The Morgan fingerprint density at radius 2 is 1.66 bits per heavy atom. The predicted molar refractivity (Wildman–Crippen MR) is 108 cm³/mol. The first-order valence-electron chi connectivity index (χ1n) is 8.99. The summed E-state index contributed by atoms with van der Waals surface area (Å²) in [6.07, 6.45) is 0. The molecule has 1 aliphatic rings. The third-order valence-corrected chi connectivity index (χ3v) is 5.19. The highest BCUT2D eigenvalue weighted by Crippen LogP contribution is 2.43. The Balaban J connectivity index is 1.85. The average molecular weight is 388 g/mol. The first-order chi connectivity index (χ1) is 14.1. The third kappa shape index (κ3) is 2.57. The third-order valence-electron chi connectivity index (χ3n) is 5.19. The fraction of sp³-hybridized carbons (Fsp3) is 0.0952. The maximum Gasteiger partial charge on any atom is 0.327 e. The molecule has 8 nitrogen and oxygen atoms in total. The molecule has 0 fully saturated rings. The summed E-state index contributed by atoms with van der Waals surface area (Å²) in [5.74, 6) is -0.238. The molecular formula is C21H16N4O4. The Bertz CT molecular complexity index is 1380. The van der Waals surface area contributed by atoms with Crippen LogP contribution in [0.15, 0.2) is 58.1 Å². The minimum atomic E-state index is -0.691. The van der Waals surface area contributed by atoms with Crippen LogP contribution in [0.4, 0.5) is 5.69 Å². The molecule has 2 aromatic carbocycles. The van der Waals surface area contributed by atoms with Crippen molar-refractivity contribution in [1.82, 2.24) is 15.0 Å². The topological polar surface area (TPSA) is 120 Å². The maximum atomic E-state index is 12.9. The summed E-state index contributed by atoms with van der Waals surface area (Å²) < 4.78 is 5.22. The lowest BCUT2D eigenvalue weighted by Gasteiger charge is -2.12. The first-order valence-corrected chi connectivity index (χ1v) is 8.99. The largest absolute Gasteiger partial charge is 0.497 e. The van der Waals surface area contributed by atoms with Crippen LogP contribution < -0.4 is 21.3 Å². The summed E-state index contributed by atoms with van der Waals surface area (Å²) in [5.41, 5.74) is 2.46. The normalized spacial score (nSPS) is 15.3. The Kier molecular flexibility index (Phi) is 3.67. The van der Waals surface area contributed by atoms with Crippen molar-refractivity contribution in [2.45, 2.75) is 5.92 Å². The summed E-state index contributed by atoms with van der Waals surface area (Å²) in [6.45, 7) is 0. The van der Waals surface area contributed by atoms with Crippen molar-refractivity contribution in [3.05, 3.63) is 80.5 Å². The summed E-state index contributed by atoms with van der Waals surface area (Å²) in [4.78, 5) is 45.4. The maximum absolute atomic E-state index is 12.9. The van der Waals surface area contributed by atoms with E-state index in [2.05, 4.69) is 20.3 Å². The van der Waals surface area contributed by atoms with Crippen LogP contribution in [-0.2, 0) is 4.79 Å². The van der Waals surface area contributed by atoms with Crippen LogP contribution in [0.1, 0.15) is 17.0 Å². The van der Waals surface area contributed by atoms with Gasteiger partial charge in [0.15, 0.2) is 0 Å². The molecule has 1 aliphatic heterocycles. The Morgan fingerprint density at radius 1 is 0.897 bits per heavy atom. The van der Waals surface area contributed by atoms with E-state index in [1.54, 1.807) is 19.2 Å². The zero-order valence-electron chi connectivity index (χ0n) is 15.3. The van der Waals surface area contributed by atoms with E-state index >= 15 is 0 Å². The van der Waals surface area contributed by atoms with Crippen molar-refractivity contribution in [2.75, 3.05) is 12.4 Å². The van der Waals surface area contributed by atoms with Crippen LogP contribution >= 0.6 is 0 Å². The number of methoxy groups -OCH3 is 1. The van der Waals surface area contributed by atoms with Gasteiger partial charge >= 0.3 is 5.69 Å². The Morgan fingerprint density at radius 3 is 2.41 bits per heavy atom. The highest BCUT2D eigenvalue weighted by molar-refractivity contribution is 6.08. The van der Waals surface area contributed by atoms with Gasteiger partial charge in [-0.05, 0) is 41.5 Å². The predicted octanol–water partition coefficient (Wildman–Crippen LogP) is 2.30. The van der Waals surface area contributed by atoms with E-state index in [1.807, 2.05) is 36.4 Å². The fourth-order valence-corrected chi connectivity index (χ4v) is 3.92. The van der Waals surface area contributed by atoms with Crippen LogP contribution in [0.2, 0.25) is 0 Å². The van der Waals surface area contributed by atoms with Gasteiger partial charge in [0.1, 0.15) is 11.4 Å². The summed E-state index contributed by atoms with van der Waals surface area (Å²) >= 11 is 0. The zero-order chi connectivity index (χ0) is 20.1. The van der Waals surface area contributed by atoms with Crippen molar-refractivity contribution in [1.29, 1.82) is 0 Å². The van der Waals surface area contributed by atoms with E-state index in [0.29, 0.717) is 22.7 Å². The van der Waals surface area contributed by atoms with Gasteiger partial charge in [0, 0.05) is 11.3 Å². The number of nitrogens with one attached hydrogen (secondary N) is 4. The summed E-state index contributed by atoms with van der Waals surface area (Å²) in [6, 6.07) is 14.6. The van der Waals surface area contributed by atoms with E-state index in [9.17, 15) is 14.4 Å². The monoisotopic (exact) mass is 388 g/mol. The Hall–Kier alpha value is -4.07. The van der Waals surface area contributed by atoms with E-state index < -0.39 is 17.2 Å². The van der Waals surface area contributed by atoms with Crippen LogP contribution in [0.25, 0.3) is 22.3 Å². The van der Waals surface area contributed by atoms with Gasteiger partial charge in [0.2, 0.25) is 5.91 Å². The smallest absolute Gasteiger partial charge is 0.327 e. The van der Waals surface area contributed by atoms with E-state index in [4.69, 9.17) is 4.74 Å². The molecule has 4 aromatic rings. The van der Waals surface area contributed by atoms with Gasteiger partial charge in [-0.2, -0.15) is 0 Å². The number of hydrogen-bond donors (Lipinski definition) is 4. The van der Waals surface area contributed by atoms with Gasteiger partial charge in [0.25, 0.3) is 5.56 Å². The molecule has 29 heavy (non-hydrogen) atoms. The molecular weight excluding hydrogens is 372 g/mol. The first kappa shape index (κ1) is 17.1. The SMILES string of the molecule is COc1ccc(-c2[nH]c3[nH]c(=O)[nH]c(=O)c3c2C2C(=O)Nc3ccccc32)cc1. The molecule has 0 spiro atoms. The molecule has 1 atom stereocenters. The summed E-state index contributed by atoms with van der Waals surface area (Å²) in [5, 5.41) is 3.13. The number of aromatic amines is 3. The average Bonchev–Trinajstić information content (AvgIpc) is 3.24. The molecule has 0 saturated heterocycles. The standard InChI is InChI=1S/C21H16N4O4/c1-29-11-8-6-10(7-9-11)17-15(16-18(23-17)24-21(28)25-20(16)27)14-12-4-2-3-5-13(12)22-19(14)26/h2-9,14H,1H3,(H,22,26)(H3,23,24,25,27,28). The zero-order valence-corrected chi connectivity index (χ0v) is 15.3. The molecule has 2 aromatic heterocycles. The molecule has 0 radical (unpaired) electrons. The number of benzene rings is 2. The number of carbonyl (C=O) groups is 1. The number of anilines is 1. The number of rotatable bonds is 3. The number of carbonyl (C=O) groups excluding carboxylic acids is 1. The molecule has 0 aliphatic carbocycles. The van der Waals surface area contributed by atoms with Crippen molar-refractivity contribution in [2.24, 2.45) is 0 Å². The second-order valence-corrected chi connectivity index (χ2v) is 6.81. The van der Waals surface area contributed by atoms with Gasteiger partial charge in [-0.15, -0.1) is 0 Å². The highest BCUT2D eigenvalue weighted by Gasteiger charge is 2.36. The van der Waals surface area contributed by atoms with Gasteiger partial charge in [-0.1, -0.05) is 18.2 Å². The van der Waals surface area contributed by atoms with Crippen LogP contribution in [0, 0.1) is 0 Å². The van der Waals surface area contributed by atoms with Crippen molar-refractivity contribution in [3.8, 4) is 17.0 Å². The quantitative estimate of drug-likeness (QED) is 0.430. The van der Waals surface area contributed by atoms with Crippen LogP contribution in [0.3, 0.4) is 0 Å². The highest BCUT2D eigenvalue weighted by atomic mass is 16.5. The number of para-hydroxylation sites is 1. The van der Waals surface area contributed by atoms with Gasteiger partial charge in [-0.3, -0.25) is 19.6 Å². The lowest BCUT2D eigenvalue weighted by atomic mass is 9.89. The molecule has 1 amide bonds. The minimum Gasteiger partial charge on any atom is -0.497 e. The lowest BCUT2D eigenvalue weighted by Crippen LogP contribution is -2.23. The molecule has 0 bridgehead atoms. The second-order valence-electron chi connectivity index (χ2n) is 6.81. The van der Waals surface area contributed by atoms with Gasteiger partial charge in [0.05, 0.1) is 24.1 Å². The number of aromatic nitrogens is 3. The lowest BCUT2D eigenvalue weighted by molar-refractivity contribution is -0.116. The molecule has 8 heteroatoms.